The lowest BCUT2D eigenvalue weighted by atomic mass is 9.97. The highest BCUT2D eigenvalue weighted by Gasteiger charge is 2.28. The number of nitrogens with one attached hydrogen (secondary N) is 1. The van der Waals surface area contributed by atoms with Gasteiger partial charge in [0.25, 0.3) is 5.91 Å². The molecule has 11 heteroatoms. The molecule has 3 aromatic rings. The summed E-state index contributed by atoms with van der Waals surface area (Å²) in [5.74, 6) is 1.06. The van der Waals surface area contributed by atoms with Crippen molar-refractivity contribution in [3.63, 3.8) is 0 Å². The number of anilines is 2. The summed E-state index contributed by atoms with van der Waals surface area (Å²) in [7, 11) is 3.40. The van der Waals surface area contributed by atoms with Crippen LogP contribution in [0.4, 0.5) is 10.9 Å². The first-order valence-electron chi connectivity index (χ1n) is 10.8. The summed E-state index contributed by atoms with van der Waals surface area (Å²) in [6.45, 7) is 7.08. The van der Waals surface area contributed by atoms with Crippen molar-refractivity contribution in [2.24, 2.45) is 5.92 Å². The number of nitrogens with zero attached hydrogens (tertiary/aromatic N) is 7. The molecule has 10 nitrogen and oxygen atoms in total. The molecule has 0 aliphatic carbocycles. The Bertz CT molecular complexity index is 1190. The molecule has 0 aromatic carbocycles. The molecular weight excluding hydrogens is 440 g/mol. The van der Waals surface area contributed by atoms with Gasteiger partial charge in [-0.3, -0.25) is 9.59 Å². The third kappa shape index (κ3) is 4.87. The molecular formula is C22H28N8O2S. The van der Waals surface area contributed by atoms with Crippen molar-refractivity contribution in [1.29, 1.82) is 0 Å². The number of thiazole rings is 1. The van der Waals surface area contributed by atoms with Gasteiger partial charge in [0.2, 0.25) is 5.91 Å². The first-order chi connectivity index (χ1) is 15.7. The molecule has 0 spiro atoms. The van der Waals surface area contributed by atoms with Crippen molar-refractivity contribution >= 4 is 34.1 Å². The van der Waals surface area contributed by atoms with Crippen molar-refractivity contribution in [3.8, 4) is 5.82 Å². The number of amides is 2. The van der Waals surface area contributed by atoms with Crippen LogP contribution >= 0.6 is 11.3 Å². The van der Waals surface area contributed by atoms with E-state index in [1.807, 2.05) is 26.0 Å². The van der Waals surface area contributed by atoms with Gasteiger partial charge in [0.15, 0.2) is 10.9 Å². The summed E-state index contributed by atoms with van der Waals surface area (Å²) >= 11 is 1.21. The highest BCUT2D eigenvalue weighted by molar-refractivity contribution is 7.17. The van der Waals surface area contributed by atoms with Crippen molar-refractivity contribution in [2.45, 2.75) is 33.6 Å². The van der Waals surface area contributed by atoms with Crippen molar-refractivity contribution in [3.05, 3.63) is 40.4 Å². The molecule has 4 rings (SSSR count). The Morgan fingerprint density at radius 1 is 1.15 bits per heavy atom. The number of aryl methyl sites for hydroxylation is 3. The molecule has 1 aliphatic rings. The van der Waals surface area contributed by atoms with E-state index < -0.39 is 0 Å². The van der Waals surface area contributed by atoms with Crippen LogP contribution in [0.2, 0.25) is 0 Å². The lowest BCUT2D eigenvalue weighted by Crippen LogP contribution is -2.41. The molecule has 4 heterocycles. The molecule has 0 saturated carbocycles. The number of hydrogen-bond acceptors (Lipinski definition) is 8. The SMILES string of the molecule is Cc1cc(C)n(-c2cc(N3CCCC(C(=O)Nc4nc(C)c(C(=O)N(C)C)s4)C3)ncn2)n1. The highest BCUT2D eigenvalue weighted by atomic mass is 32.1. The number of carbonyl (C=O) groups excluding carboxylic acids is 2. The zero-order valence-corrected chi connectivity index (χ0v) is 20.3. The Labute approximate surface area is 196 Å². The Hall–Kier alpha value is -3.34. The Balaban J connectivity index is 1.46. The van der Waals surface area contributed by atoms with Crippen LogP contribution in [0.5, 0.6) is 0 Å². The third-order valence-electron chi connectivity index (χ3n) is 5.61. The molecule has 1 unspecified atom stereocenters. The van der Waals surface area contributed by atoms with Gasteiger partial charge >= 0.3 is 0 Å². The van der Waals surface area contributed by atoms with E-state index in [0.29, 0.717) is 28.1 Å². The minimum Gasteiger partial charge on any atom is -0.356 e. The monoisotopic (exact) mass is 468 g/mol. The van der Waals surface area contributed by atoms with E-state index in [1.165, 1.54) is 22.6 Å². The minimum absolute atomic E-state index is 0.0925. The topological polar surface area (TPSA) is 109 Å². The molecule has 1 fully saturated rings. The molecule has 1 aliphatic heterocycles. The second kappa shape index (κ2) is 9.26. The highest BCUT2D eigenvalue weighted by Crippen LogP contribution is 2.27. The lowest BCUT2D eigenvalue weighted by molar-refractivity contribution is -0.120. The zero-order valence-electron chi connectivity index (χ0n) is 19.5. The molecule has 0 radical (unpaired) electrons. The molecule has 174 valence electrons. The molecule has 1 N–H and O–H groups in total. The van der Waals surface area contributed by atoms with Crippen LogP contribution < -0.4 is 10.2 Å². The molecule has 0 bridgehead atoms. The smallest absolute Gasteiger partial charge is 0.265 e. The summed E-state index contributed by atoms with van der Waals surface area (Å²) in [5, 5.41) is 7.86. The van der Waals surface area contributed by atoms with Gasteiger partial charge in [0, 0.05) is 38.9 Å². The maximum absolute atomic E-state index is 13.0. The van der Waals surface area contributed by atoms with Crippen LogP contribution in [0, 0.1) is 26.7 Å². The van der Waals surface area contributed by atoms with Crippen molar-refractivity contribution < 1.29 is 9.59 Å². The number of rotatable bonds is 5. The van der Waals surface area contributed by atoms with Gasteiger partial charge < -0.3 is 15.1 Å². The first-order valence-corrected chi connectivity index (χ1v) is 11.6. The van der Waals surface area contributed by atoms with E-state index in [4.69, 9.17) is 0 Å². The van der Waals surface area contributed by atoms with Crippen molar-refractivity contribution in [2.75, 3.05) is 37.4 Å². The van der Waals surface area contributed by atoms with Crippen LogP contribution in [-0.4, -0.2) is 68.6 Å². The Morgan fingerprint density at radius 2 is 1.91 bits per heavy atom. The van der Waals surface area contributed by atoms with Crippen LogP contribution in [0.1, 0.15) is 39.6 Å². The normalized spacial score (nSPS) is 16.0. The first kappa shape index (κ1) is 22.8. The van der Waals surface area contributed by atoms with E-state index in [2.05, 4.69) is 30.3 Å². The second-order valence-corrected chi connectivity index (χ2v) is 9.48. The molecule has 3 aromatic heterocycles. The summed E-state index contributed by atoms with van der Waals surface area (Å²) in [6, 6.07) is 3.91. The fraction of sp³-hybridized carbons (Fsp3) is 0.455. The molecule has 33 heavy (non-hydrogen) atoms. The molecule has 2 amide bonds. The van der Waals surface area contributed by atoms with Gasteiger partial charge in [-0.1, -0.05) is 11.3 Å². The zero-order chi connectivity index (χ0) is 23.7. The van der Waals surface area contributed by atoms with Gasteiger partial charge in [0.1, 0.15) is 17.0 Å². The quantitative estimate of drug-likeness (QED) is 0.613. The predicted octanol–water partition coefficient (Wildman–Crippen LogP) is 2.60. The summed E-state index contributed by atoms with van der Waals surface area (Å²) in [5.41, 5.74) is 2.55. The number of piperidine rings is 1. The third-order valence-corrected chi connectivity index (χ3v) is 6.67. The van der Waals surface area contributed by atoms with E-state index >= 15 is 0 Å². The van der Waals surface area contributed by atoms with E-state index in [9.17, 15) is 9.59 Å². The molecule has 1 atom stereocenters. The Morgan fingerprint density at radius 3 is 2.61 bits per heavy atom. The Kier molecular flexibility index (Phi) is 6.41. The average molecular weight is 469 g/mol. The fourth-order valence-corrected chi connectivity index (χ4v) is 4.94. The van der Waals surface area contributed by atoms with Gasteiger partial charge in [0.05, 0.1) is 17.3 Å². The van der Waals surface area contributed by atoms with Gasteiger partial charge in [-0.2, -0.15) is 5.10 Å². The molecule has 1 saturated heterocycles. The summed E-state index contributed by atoms with van der Waals surface area (Å²) < 4.78 is 1.80. The second-order valence-electron chi connectivity index (χ2n) is 8.48. The van der Waals surface area contributed by atoms with Crippen LogP contribution in [0.25, 0.3) is 5.82 Å². The van der Waals surface area contributed by atoms with Crippen LogP contribution in [-0.2, 0) is 4.79 Å². The average Bonchev–Trinajstić information content (AvgIpc) is 3.33. The van der Waals surface area contributed by atoms with E-state index in [0.717, 1.165) is 36.6 Å². The maximum atomic E-state index is 13.0. The summed E-state index contributed by atoms with van der Waals surface area (Å²) in [6.07, 6.45) is 3.19. The number of hydrogen-bond donors (Lipinski definition) is 1. The number of aromatic nitrogens is 5. The maximum Gasteiger partial charge on any atom is 0.265 e. The summed E-state index contributed by atoms with van der Waals surface area (Å²) in [4.78, 5) is 42.6. The predicted molar refractivity (Wildman–Crippen MR) is 127 cm³/mol. The van der Waals surface area contributed by atoms with E-state index in [-0.39, 0.29) is 17.7 Å². The van der Waals surface area contributed by atoms with E-state index in [1.54, 1.807) is 25.7 Å². The van der Waals surface area contributed by atoms with Crippen molar-refractivity contribution in [1.82, 2.24) is 29.6 Å². The fourth-order valence-electron chi connectivity index (χ4n) is 3.94. The van der Waals surface area contributed by atoms with Gasteiger partial charge in [-0.05, 0) is 39.7 Å². The number of carbonyl (C=O) groups is 2. The van der Waals surface area contributed by atoms with Crippen LogP contribution in [0.15, 0.2) is 18.5 Å². The van der Waals surface area contributed by atoms with Crippen LogP contribution in [0.3, 0.4) is 0 Å². The standard InChI is InChI=1S/C22H28N8O2S/c1-13-9-14(2)30(27-13)18-10-17(23-12-24-18)29-8-6-7-16(11-29)20(31)26-22-25-15(3)19(33-22)21(32)28(4)5/h9-10,12,16H,6-8,11H2,1-5H3,(H,25,26,31). The van der Waals surface area contributed by atoms with Gasteiger partial charge in [-0.15, -0.1) is 0 Å². The van der Waals surface area contributed by atoms with Gasteiger partial charge in [-0.25, -0.2) is 19.6 Å². The lowest BCUT2D eigenvalue weighted by Gasteiger charge is -2.32. The largest absolute Gasteiger partial charge is 0.356 e. The minimum atomic E-state index is -0.206.